The van der Waals surface area contributed by atoms with Crippen LogP contribution in [-0.2, 0) is 4.79 Å². The lowest BCUT2D eigenvalue weighted by Gasteiger charge is -2.34. The molecule has 0 radical (unpaired) electrons. The quantitative estimate of drug-likeness (QED) is 0.530. The summed E-state index contributed by atoms with van der Waals surface area (Å²) in [5.41, 5.74) is 2.84. The summed E-state index contributed by atoms with van der Waals surface area (Å²) in [4.78, 5) is 40.0. The minimum atomic E-state index is -0.316. The van der Waals surface area contributed by atoms with Gasteiger partial charge < -0.3 is 19.1 Å². The molecule has 1 aromatic carbocycles. The molecular formula is C25H28ClN5O3. The molecule has 9 heteroatoms. The SMILES string of the molecule is CN(CC(=O)N1CCC[C@@H](c2nc(N(C)C)ncc2-c2ccc(Cl)cc2)C1)C(=O)c1ccco1. The number of nitrogens with zero attached hydrogens (tertiary/aromatic N) is 5. The monoisotopic (exact) mass is 481 g/mol. The highest BCUT2D eigenvalue weighted by Crippen LogP contribution is 2.34. The third kappa shape index (κ3) is 5.22. The predicted molar refractivity (Wildman–Crippen MR) is 131 cm³/mol. The summed E-state index contributed by atoms with van der Waals surface area (Å²) >= 11 is 6.09. The average molecular weight is 482 g/mol. The zero-order valence-corrected chi connectivity index (χ0v) is 20.3. The Morgan fingerprint density at radius 1 is 1.18 bits per heavy atom. The van der Waals surface area contributed by atoms with Crippen LogP contribution in [0.1, 0.15) is 35.0 Å². The molecule has 1 atom stereocenters. The van der Waals surface area contributed by atoms with E-state index in [1.54, 1.807) is 19.2 Å². The molecule has 1 fully saturated rings. The number of furan rings is 1. The average Bonchev–Trinajstić information content (AvgIpc) is 3.38. The van der Waals surface area contributed by atoms with Crippen molar-refractivity contribution in [3.63, 3.8) is 0 Å². The first-order chi connectivity index (χ1) is 16.3. The van der Waals surface area contributed by atoms with Crippen molar-refractivity contribution < 1.29 is 14.0 Å². The molecule has 1 aliphatic rings. The Morgan fingerprint density at radius 2 is 1.94 bits per heavy atom. The van der Waals surface area contributed by atoms with Gasteiger partial charge in [0, 0.05) is 56.9 Å². The number of piperidine rings is 1. The molecule has 0 N–H and O–H groups in total. The van der Waals surface area contributed by atoms with E-state index in [0.717, 1.165) is 29.7 Å². The number of hydrogen-bond acceptors (Lipinski definition) is 6. The van der Waals surface area contributed by atoms with Gasteiger partial charge >= 0.3 is 0 Å². The fraction of sp³-hybridized carbons (Fsp3) is 0.360. The molecule has 178 valence electrons. The molecule has 0 bridgehead atoms. The molecule has 2 aromatic heterocycles. The number of halogens is 1. The summed E-state index contributed by atoms with van der Waals surface area (Å²) in [5, 5.41) is 0.666. The van der Waals surface area contributed by atoms with Crippen LogP contribution in [0.15, 0.2) is 53.3 Å². The van der Waals surface area contributed by atoms with E-state index in [1.165, 1.54) is 11.2 Å². The standard InChI is InChI=1S/C25H28ClN5O3/c1-29(2)25-27-14-20(17-8-10-19(26)11-9-17)23(28-25)18-6-4-12-31(15-18)22(32)16-30(3)24(33)21-7-5-13-34-21/h5,7-11,13-14,18H,4,6,12,15-16H2,1-3H3/t18-/m1/s1. The molecule has 1 aliphatic heterocycles. The molecule has 0 aliphatic carbocycles. The summed E-state index contributed by atoms with van der Waals surface area (Å²) < 4.78 is 5.17. The van der Waals surface area contributed by atoms with Crippen LogP contribution in [0.4, 0.5) is 5.95 Å². The maximum atomic E-state index is 13.1. The predicted octanol–water partition coefficient (Wildman–Crippen LogP) is 3.93. The van der Waals surface area contributed by atoms with E-state index in [0.29, 0.717) is 24.1 Å². The number of benzene rings is 1. The topological polar surface area (TPSA) is 82.8 Å². The molecule has 0 unspecified atom stereocenters. The number of likely N-dealkylation sites (N-methyl/N-ethyl adjacent to an activating group) is 1. The van der Waals surface area contributed by atoms with Crippen molar-refractivity contribution in [1.82, 2.24) is 19.8 Å². The second-order valence-electron chi connectivity index (χ2n) is 8.69. The van der Waals surface area contributed by atoms with Crippen LogP contribution >= 0.6 is 11.6 Å². The Morgan fingerprint density at radius 3 is 2.62 bits per heavy atom. The molecular weight excluding hydrogens is 454 g/mol. The van der Waals surface area contributed by atoms with Gasteiger partial charge in [0.1, 0.15) is 0 Å². The number of anilines is 1. The van der Waals surface area contributed by atoms with Crippen molar-refractivity contribution in [1.29, 1.82) is 0 Å². The molecule has 3 aromatic rings. The van der Waals surface area contributed by atoms with E-state index in [2.05, 4.69) is 4.98 Å². The highest BCUT2D eigenvalue weighted by atomic mass is 35.5. The highest BCUT2D eigenvalue weighted by molar-refractivity contribution is 6.30. The van der Waals surface area contributed by atoms with Gasteiger partial charge in [-0.1, -0.05) is 23.7 Å². The lowest BCUT2D eigenvalue weighted by molar-refractivity contribution is -0.132. The Labute approximate surface area is 204 Å². The van der Waals surface area contributed by atoms with Crippen molar-refractivity contribution in [3.05, 3.63) is 65.3 Å². The lowest BCUT2D eigenvalue weighted by Crippen LogP contribution is -2.45. The van der Waals surface area contributed by atoms with Crippen molar-refractivity contribution in [2.24, 2.45) is 0 Å². The second kappa shape index (κ2) is 10.3. The molecule has 3 heterocycles. The molecule has 2 amide bonds. The number of likely N-dealkylation sites (tertiary alicyclic amines) is 1. The number of rotatable bonds is 6. The summed E-state index contributed by atoms with van der Waals surface area (Å²) in [6.45, 7) is 1.18. The summed E-state index contributed by atoms with van der Waals surface area (Å²) in [7, 11) is 5.42. The minimum absolute atomic E-state index is 0.0109. The van der Waals surface area contributed by atoms with Crippen molar-refractivity contribution >= 4 is 29.4 Å². The van der Waals surface area contributed by atoms with Crippen LogP contribution in [0, 0.1) is 0 Å². The van der Waals surface area contributed by atoms with Gasteiger partial charge in [0.25, 0.3) is 5.91 Å². The Balaban J connectivity index is 1.55. The van der Waals surface area contributed by atoms with Crippen LogP contribution in [-0.4, -0.2) is 72.4 Å². The summed E-state index contributed by atoms with van der Waals surface area (Å²) in [5.74, 6) is 0.484. The molecule has 1 saturated heterocycles. The van der Waals surface area contributed by atoms with Crippen LogP contribution < -0.4 is 4.90 Å². The van der Waals surface area contributed by atoms with E-state index >= 15 is 0 Å². The van der Waals surface area contributed by atoms with E-state index in [4.69, 9.17) is 21.0 Å². The largest absolute Gasteiger partial charge is 0.459 e. The number of carbonyl (C=O) groups excluding carboxylic acids is 2. The molecule has 8 nitrogen and oxygen atoms in total. The molecule has 34 heavy (non-hydrogen) atoms. The Kier molecular flexibility index (Phi) is 7.17. The molecule has 0 saturated carbocycles. The summed E-state index contributed by atoms with van der Waals surface area (Å²) in [6, 6.07) is 10.9. The lowest BCUT2D eigenvalue weighted by atomic mass is 9.90. The first-order valence-corrected chi connectivity index (χ1v) is 11.6. The van der Waals surface area contributed by atoms with Crippen molar-refractivity contribution in [2.75, 3.05) is 45.7 Å². The van der Waals surface area contributed by atoms with Crippen molar-refractivity contribution in [2.45, 2.75) is 18.8 Å². The van der Waals surface area contributed by atoms with Gasteiger partial charge in [-0.3, -0.25) is 9.59 Å². The van der Waals surface area contributed by atoms with Gasteiger partial charge in [-0.2, -0.15) is 0 Å². The summed E-state index contributed by atoms with van der Waals surface area (Å²) in [6.07, 6.45) is 5.06. The zero-order valence-electron chi connectivity index (χ0n) is 19.6. The van der Waals surface area contributed by atoms with E-state index in [9.17, 15) is 9.59 Å². The third-order valence-electron chi connectivity index (χ3n) is 5.97. The number of carbonyl (C=O) groups is 2. The Bertz CT molecular complexity index is 1150. The zero-order chi connectivity index (χ0) is 24.2. The number of hydrogen-bond donors (Lipinski definition) is 0. The van der Waals surface area contributed by atoms with Crippen LogP contribution in [0.2, 0.25) is 5.02 Å². The van der Waals surface area contributed by atoms with E-state index in [-0.39, 0.29) is 30.0 Å². The maximum absolute atomic E-state index is 13.1. The van der Waals surface area contributed by atoms with Crippen LogP contribution in [0.5, 0.6) is 0 Å². The fourth-order valence-electron chi connectivity index (χ4n) is 4.15. The van der Waals surface area contributed by atoms with Gasteiger partial charge in [0.2, 0.25) is 11.9 Å². The Hall–Kier alpha value is -3.39. The first kappa shape index (κ1) is 23.8. The van der Waals surface area contributed by atoms with Gasteiger partial charge in [-0.05, 0) is 42.7 Å². The van der Waals surface area contributed by atoms with Gasteiger partial charge in [-0.25, -0.2) is 9.97 Å². The van der Waals surface area contributed by atoms with Crippen LogP contribution in [0.25, 0.3) is 11.1 Å². The molecule has 4 rings (SSSR count). The highest BCUT2D eigenvalue weighted by Gasteiger charge is 2.29. The van der Waals surface area contributed by atoms with E-state index < -0.39 is 0 Å². The van der Waals surface area contributed by atoms with Crippen molar-refractivity contribution in [3.8, 4) is 11.1 Å². The van der Waals surface area contributed by atoms with Crippen LogP contribution in [0.3, 0.4) is 0 Å². The first-order valence-electron chi connectivity index (χ1n) is 11.2. The number of amides is 2. The third-order valence-corrected chi connectivity index (χ3v) is 6.22. The second-order valence-corrected chi connectivity index (χ2v) is 9.12. The smallest absolute Gasteiger partial charge is 0.289 e. The maximum Gasteiger partial charge on any atom is 0.289 e. The van der Waals surface area contributed by atoms with E-state index in [1.807, 2.05) is 54.4 Å². The minimum Gasteiger partial charge on any atom is -0.459 e. The number of aromatic nitrogens is 2. The molecule has 0 spiro atoms. The normalized spacial score (nSPS) is 15.8. The fourth-order valence-corrected chi connectivity index (χ4v) is 4.28. The van der Waals surface area contributed by atoms with Gasteiger partial charge in [0.15, 0.2) is 5.76 Å². The van der Waals surface area contributed by atoms with Gasteiger partial charge in [-0.15, -0.1) is 0 Å². The van der Waals surface area contributed by atoms with Gasteiger partial charge in [0.05, 0.1) is 18.5 Å².